The summed E-state index contributed by atoms with van der Waals surface area (Å²) in [4.78, 5) is 12.3. The lowest BCUT2D eigenvalue weighted by Gasteiger charge is -2.04. The van der Waals surface area contributed by atoms with Gasteiger partial charge in [-0.05, 0) is 42.8 Å². The zero-order valence-electron chi connectivity index (χ0n) is 11.8. The van der Waals surface area contributed by atoms with Crippen LogP contribution in [0.15, 0.2) is 51.4 Å². The summed E-state index contributed by atoms with van der Waals surface area (Å²) >= 11 is 9.27. The van der Waals surface area contributed by atoms with Crippen LogP contribution in [-0.2, 0) is 6.54 Å². The van der Waals surface area contributed by atoms with Crippen molar-refractivity contribution in [3.05, 3.63) is 68.8 Å². The Morgan fingerprint density at radius 1 is 1.23 bits per heavy atom. The van der Waals surface area contributed by atoms with Crippen LogP contribution in [0, 0.1) is 6.92 Å². The van der Waals surface area contributed by atoms with E-state index in [-0.39, 0.29) is 5.91 Å². The molecule has 2 aromatic carbocycles. The predicted molar refractivity (Wildman–Crippen MR) is 91.3 cm³/mol. The molecule has 1 N–H and O–H groups in total. The molecule has 0 saturated carbocycles. The maximum Gasteiger partial charge on any atom is 0.287 e. The third kappa shape index (κ3) is 3.03. The fourth-order valence-electron chi connectivity index (χ4n) is 2.27. The minimum absolute atomic E-state index is 0.222. The molecule has 0 aliphatic rings. The summed E-state index contributed by atoms with van der Waals surface area (Å²) in [7, 11) is 0. The third-order valence-electron chi connectivity index (χ3n) is 3.47. The van der Waals surface area contributed by atoms with E-state index in [1.807, 2.05) is 37.3 Å². The van der Waals surface area contributed by atoms with Gasteiger partial charge in [0.1, 0.15) is 5.58 Å². The number of halogens is 2. The Balaban J connectivity index is 1.80. The molecule has 0 saturated heterocycles. The van der Waals surface area contributed by atoms with Gasteiger partial charge in [-0.3, -0.25) is 4.79 Å². The molecule has 0 aliphatic heterocycles. The molecule has 0 fully saturated rings. The number of furan rings is 1. The summed E-state index contributed by atoms with van der Waals surface area (Å²) in [6.07, 6.45) is 0. The fourth-order valence-corrected chi connectivity index (χ4v) is 2.76. The van der Waals surface area contributed by atoms with Crippen LogP contribution in [0.4, 0.5) is 0 Å². The molecule has 1 aromatic heterocycles. The number of amides is 1. The van der Waals surface area contributed by atoms with E-state index in [9.17, 15) is 4.79 Å². The Bertz CT molecular complexity index is 840. The zero-order valence-corrected chi connectivity index (χ0v) is 14.2. The second-order valence-corrected chi connectivity index (χ2v) is 6.36. The highest BCUT2D eigenvalue weighted by atomic mass is 79.9. The third-order valence-corrected chi connectivity index (χ3v) is 4.22. The Morgan fingerprint density at radius 3 is 2.68 bits per heavy atom. The predicted octanol–water partition coefficient (Wildman–Crippen LogP) is 5.09. The average Bonchev–Trinajstić information content (AvgIpc) is 2.83. The number of rotatable bonds is 3. The number of nitrogens with one attached hydrogen (secondary N) is 1. The van der Waals surface area contributed by atoms with Gasteiger partial charge in [-0.1, -0.05) is 39.7 Å². The van der Waals surface area contributed by atoms with Gasteiger partial charge in [0, 0.05) is 27.0 Å². The van der Waals surface area contributed by atoms with Gasteiger partial charge in [-0.15, -0.1) is 0 Å². The van der Waals surface area contributed by atoms with Crippen molar-refractivity contribution in [2.75, 3.05) is 0 Å². The fraction of sp³-hybridized carbons (Fsp3) is 0.118. The molecule has 0 unspecified atom stereocenters. The highest BCUT2D eigenvalue weighted by Gasteiger charge is 2.17. The maximum atomic E-state index is 12.3. The van der Waals surface area contributed by atoms with Gasteiger partial charge in [0.25, 0.3) is 5.91 Å². The number of benzene rings is 2. The minimum atomic E-state index is -0.222. The minimum Gasteiger partial charge on any atom is -0.451 e. The van der Waals surface area contributed by atoms with Crippen LogP contribution < -0.4 is 5.32 Å². The van der Waals surface area contributed by atoms with Crippen LogP contribution in [-0.4, -0.2) is 5.91 Å². The normalized spacial score (nSPS) is 10.9. The quantitative estimate of drug-likeness (QED) is 0.690. The van der Waals surface area contributed by atoms with Crippen LogP contribution in [0.1, 0.15) is 21.7 Å². The summed E-state index contributed by atoms with van der Waals surface area (Å²) in [5.41, 5.74) is 2.52. The molecule has 0 radical (unpaired) electrons. The topological polar surface area (TPSA) is 42.2 Å². The number of hydrogen-bond donors (Lipinski definition) is 1. The smallest absolute Gasteiger partial charge is 0.287 e. The molecule has 3 nitrogen and oxygen atoms in total. The van der Waals surface area contributed by atoms with Crippen LogP contribution >= 0.6 is 27.5 Å². The van der Waals surface area contributed by atoms with Gasteiger partial charge < -0.3 is 9.73 Å². The molecule has 0 bridgehead atoms. The lowest BCUT2D eigenvalue weighted by molar-refractivity contribution is 0.0924. The molecule has 0 atom stereocenters. The van der Waals surface area contributed by atoms with Crippen molar-refractivity contribution in [3.8, 4) is 0 Å². The van der Waals surface area contributed by atoms with E-state index in [1.165, 1.54) is 0 Å². The first-order chi connectivity index (χ1) is 10.5. The number of fused-ring (bicyclic) bond motifs is 1. The lowest BCUT2D eigenvalue weighted by Crippen LogP contribution is -2.22. The van der Waals surface area contributed by atoms with Crippen molar-refractivity contribution in [1.82, 2.24) is 5.32 Å². The van der Waals surface area contributed by atoms with Crippen LogP contribution in [0.25, 0.3) is 11.0 Å². The van der Waals surface area contributed by atoms with Crippen LogP contribution in [0.5, 0.6) is 0 Å². The number of aryl methyl sites for hydroxylation is 1. The first-order valence-corrected chi connectivity index (χ1v) is 7.93. The zero-order chi connectivity index (χ0) is 15.7. The largest absolute Gasteiger partial charge is 0.451 e. The molecular formula is C17H13BrClNO2. The van der Waals surface area contributed by atoms with Crippen molar-refractivity contribution >= 4 is 44.4 Å². The van der Waals surface area contributed by atoms with E-state index >= 15 is 0 Å². The molecule has 0 aliphatic carbocycles. The van der Waals surface area contributed by atoms with Gasteiger partial charge in [0.15, 0.2) is 5.76 Å². The average molecular weight is 379 g/mol. The van der Waals surface area contributed by atoms with E-state index in [1.54, 1.807) is 12.1 Å². The van der Waals surface area contributed by atoms with E-state index in [0.29, 0.717) is 22.9 Å². The van der Waals surface area contributed by atoms with Crippen molar-refractivity contribution in [2.45, 2.75) is 13.5 Å². The SMILES string of the molecule is Cc1c(C(=O)NCc2ccc(Cl)cc2)oc2ccc(Br)cc12. The van der Waals surface area contributed by atoms with Crippen molar-refractivity contribution in [3.63, 3.8) is 0 Å². The Labute approximate surface area is 141 Å². The molecule has 3 rings (SSSR count). The number of carbonyl (C=O) groups excluding carboxylic acids is 1. The van der Waals surface area contributed by atoms with Gasteiger partial charge in [-0.2, -0.15) is 0 Å². The highest BCUT2D eigenvalue weighted by molar-refractivity contribution is 9.10. The van der Waals surface area contributed by atoms with Crippen LogP contribution in [0.3, 0.4) is 0 Å². The molecule has 3 aromatic rings. The van der Waals surface area contributed by atoms with E-state index in [2.05, 4.69) is 21.2 Å². The Kier molecular flexibility index (Phi) is 4.23. The summed E-state index contributed by atoms with van der Waals surface area (Å²) in [5.74, 6) is 0.127. The monoisotopic (exact) mass is 377 g/mol. The summed E-state index contributed by atoms with van der Waals surface area (Å²) < 4.78 is 6.62. The molecule has 1 amide bonds. The molecular weight excluding hydrogens is 366 g/mol. The second-order valence-electron chi connectivity index (χ2n) is 5.01. The maximum absolute atomic E-state index is 12.3. The summed E-state index contributed by atoms with van der Waals surface area (Å²) in [6.45, 7) is 2.31. The second kappa shape index (κ2) is 6.15. The number of carbonyl (C=O) groups is 1. The van der Waals surface area contributed by atoms with Gasteiger partial charge in [0.2, 0.25) is 0 Å². The van der Waals surface area contributed by atoms with Crippen molar-refractivity contribution < 1.29 is 9.21 Å². The van der Waals surface area contributed by atoms with Gasteiger partial charge >= 0.3 is 0 Å². The summed E-state index contributed by atoms with van der Waals surface area (Å²) in [5, 5.41) is 4.47. The van der Waals surface area contributed by atoms with Crippen LogP contribution in [0.2, 0.25) is 5.02 Å². The number of hydrogen-bond acceptors (Lipinski definition) is 2. The van der Waals surface area contributed by atoms with Crippen molar-refractivity contribution in [1.29, 1.82) is 0 Å². The molecule has 22 heavy (non-hydrogen) atoms. The lowest BCUT2D eigenvalue weighted by atomic mass is 10.1. The van der Waals surface area contributed by atoms with Gasteiger partial charge in [0.05, 0.1) is 0 Å². The molecule has 5 heteroatoms. The van der Waals surface area contributed by atoms with E-state index in [4.69, 9.17) is 16.0 Å². The van der Waals surface area contributed by atoms with E-state index < -0.39 is 0 Å². The summed E-state index contributed by atoms with van der Waals surface area (Å²) in [6, 6.07) is 13.0. The Hall–Kier alpha value is -1.78. The molecule has 112 valence electrons. The standard InChI is InChI=1S/C17H13BrClNO2/c1-10-14-8-12(18)4-7-15(14)22-16(10)17(21)20-9-11-2-5-13(19)6-3-11/h2-8H,9H2,1H3,(H,20,21). The first-order valence-electron chi connectivity index (χ1n) is 6.76. The molecule has 1 heterocycles. The van der Waals surface area contributed by atoms with E-state index in [0.717, 1.165) is 21.0 Å². The highest BCUT2D eigenvalue weighted by Crippen LogP contribution is 2.28. The Morgan fingerprint density at radius 2 is 1.95 bits per heavy atom. The van der Waals surface area contributed by atoms with Crippen molar-refractivity contribution in [2.24, 2.45) is 0 Å². The van der Waals surface area contributed by atoms with Gasteiger partial charge in [-0.25, -0.2) is 0 Å². The molecule has 0 spiro atoms. The first kappa shape index (κ1) is 15.1.